The minimum Gasteiger partial charge on any atom is -0.477 e. The van der Waals surface area contributed by atoms with E-state index in [0.717, 1.165) is 21.2 Å². The Morgan fingerprint density at radius 1 is 1.18 bits per heavy atom. The van der Waals surface area contributed by atoms with Crippen molar-refractivity contribution in [2.24, 2.45) is 0 Å². The number of amides is 2. The van der Waals surface area contributed by atoms with Crippen LogP contribution in [0.2, 0.25) is 0 Å². The first-order valence-corrected chi connectivity index (χ1v) is 8.06. The summed E-state index contributed by atoms with van der Waals surface area (Å²) in [7, 11) is 0. The Morgan fingerprint density at radius 3 is 2.36 bits per heavy atom. The zero-order valence-electron chi connectivity index (χ0n) is 12.6. The fourth-order valence-corrected chi connectivity index (χ4v) is 3.21. The average molecular weight is 340 g/mol. The highest BCUT2D eigenvalue weighted by atomic mass is 32.1. The lowest BCUT2D eigenvalue weighted by Crippen LogP contribution is -2.20. The summed E-state index contributed by atoms with van der Waals surface area (Å²) < 4.78 is 0. The Bertz CT molecular complexity index is 715. The molecule has 7 nitrogen and oxygen atoms in total. The number of nitrogens with one attached hydrogen (secondary N) is 2. The van der Waals surface area contributed by atoms with Gasteiger partial charge in [-0.15, -0.1) is 21.5 Å². The maximum atomic E-state index is 12.0. The summed E-state index contributed by atoms with van der Waals surface area (Å²) in [5, 5.41) is 23.0. The van der Waals surface area contributed by atoms with E-state index in [4.69, 9.17) is 0 Å². The number of carboxylic acid groups (broad SMARTS) is 1. The van der Waals surface area contributed by atoms with Gasteiger partial charge in [0.15, 0.2) is 0 Å². The van der Waals surface area contributed by atoms with Crippen molar-refractivity contribution in [3.05, 3.63) is 20.8 Å². The first-order chi connectivity index (χ1) is 10.2. The molecule has 118 valence electrons. The lowest BCUT2D eigenvalue weighted by molar-refractivity contribution is 0.0703. The zero-order chi connectivity index (χ0) is 16.5. The van der Waals surface area contributed by atoms with E-state index in [1.165, 1.54) is 11.3 Å². The van der Waals surface area contributed by atoms with Crippen LogP contribution in [-0.2, 0) is 5.41 Å². The summed E-state index contributed by atoms with van der Waals surface area (Å²) in [6, 6.07) is 1.15. The molecule has 0 bridgehead atoms. The zero-order valence-corrected chi connectivity index (χ0v) is 14.2. The van der Waals surface area contributed by atoms with Crippen molar-refractivity contribution in [1.82, 2.24) is 10.2 Å². The number of hydrogen-bond donors (Lipinski definition) is 3. The third-order valence-corrected chi connectivity index (χ3v) is 4.96. The maximum Gasteiger partial charge on any atom is 0.348 e. The molecule has 0 spiro atoms. The highest BCUT2D eigenvalue weighted by Crippen LogP contribution is 2.35. The van der Waals surface area contributed by atoms with Gasteiger partial charge >= 0.3 is 12.0 Å². The van der Waals surface area contributed by atoms with Crippen molar-refractivity contribution >= 4 is 45.5 Å². The van der Waals surface area contributed by atoms with Crippen LogP contribution in [-0.4, -0.2) is 27.3 Å². The number of aryl methyl sites for hydroxylation is 1. The van der Waals surface area contributed by atoms with Crippen LogP contribution < -0.4 is 10.6 Å². The SMILES string of the molecule is Cc1nnc(NC(=O)Nc2cc(C(C)(C)C)sc2C(=O)O)s1. The van der Waals surface area contributed by atoms with Crippen LogP contribution in [0.15, 0.2) is 6.07 Å². The van der Waals surface area contributed by atoms with Gasteiger partial charge in [-0.25, -0.2) is 9.59 Å². The van der Waals surface area contributed by atoms with Crippen LogP contribution in [0.1, 0.15) is 40.3 Å². The number of carbonyl (C=O) groups is 2. The monoisotopic (exact) mass is 340 g/mol. The number of nitrogens with zero attached hydrogens (tertiary/aromatic N) is 2. The van der Waals surface area contributed by atoms with E-state index in [-0.39, 0.29) is 16.0 Å². The van der Waals surface area contributed by atoms with Gasteiger partial charge < -0.3 is 10.4 Å². The Labute approximate surface area is 135 Å². The lowest BCUT2D eigenvalue weighted by Gasteiger charge is -2.15. The second-order valence-corrected chi connectivity index (χ2v) is 7.85. The highest BCUT2D eigenvalue weighted by Gasteiger charge is 2.23. The molecule has 0 aliphatic heterocycles. The lowest BCUT2D eigenvalue weighted by atomic mass is 9.94. The van der Waals surface area contributed by atoms with E-state index in [1.54, 1.807) is 13.0 Å². The maximum absolute atomic E-state index is 12.0. The summed E-state index contributed by atoms with van der Waals surface area (Å²) in [6.45, 7) is 7.73. The number of thiophene rings is 1. The summed E-state index contributed by atoms with van der Waals surface area (Å²) in [4.78, 5) is 24.3. The number of carbonyl (C=O) groups excluding carboxylic acids is 1. The predicted octanol–water partition coefficient (Wildman–Crippen LogP) is 3.55. The van der Waals surface area contributed by atoms with E-state index in [9.17, 15) is 14.7 Å². The number of aromatic nitrogens is 2. The van der Waals surface area contributed by atoms with Crippen molar-refractivity contribution < 1.29 is 14.7 Å². The number of aromatic carboxylic acids is 1. The third-order valence-electron chi connectivity index (χ3n) is 2.66. The number of hydrogen-bond acceptors (Lipinski definition) is 6. The molecule has 3 N–H and O–H groups in total. The van der Waals surface area contributed by atoms with Crippen molar-refractivity contribution in [3.8, 4) is 0 Å². The standard InChI is InChI=1S/C13H16N4O3S2/c1-6-16-17-12(21-6)15-11(20)14-7-5-8(13(2,3)4)22-9(7)10(18)19/h5H,1-4H3,(H,18,19)(H2,14,15,17,20). The fraction of sp³-hybridized carbons (Fsp3) is 0.385. The molecule has 2 aromatic heterocycles. The molecule has 0 atom stereocenters. The molecule has 0 saturated carbocycles. The molecule has 2 heterocycles. The van der Waals surface area contributed by atoms with Gasteiger partial charge in [-0.2, -0.15) is 0 Å². The third kappa shape index (κ3) is 3.80. The van der Waals surface area contributed by atoms with Crippen LogP contribution in [0.25, 0.3) is 0 Å². The van der Waals surface area contributed by atoms with Gasteiger partial charge in [-0.3, -0.25) is 5.32 Å². The Kier molecular flexibility index (Phi) is 4.47. The van der Waals surface area contributed by atoms with Crippen LogP contribution in [0, 0.1) is 6.92 Å². The molecule has 2 rings (SSSR count). The number of rotatable bonds is 3. The summed E-state index contributed by atoms with van der Waals surface area (Å²) in [6.07, 6.45) is 0. The van der Waals surface area contributed by atoms with Gasteiger partial charge in [0.1, 0.15) is 9.88 Å². The van der Waals surface area contributed by atoms with E-state index in [0.29, 0.717) is 5.13 Å². The normalized spacial score (nSPS) is 11.3. The van der Waals surface area contributed by atoms with E-state index in [1.807, 2.05) is 20.8 Å². The minimum absolute atomic E-state index is 0.105. The molecule has 0 fully saturated rings. The summed E-state index contributed by atoms with van der Waals surface area (Å²) in [5.74, 6) is -1.07. The molecule has 0 aliphatic rings. The number of carboxylic acids is 1. The highest BCUT2D eigenvalue weighted by molar-refractivity contribution is 7.15. The van der Waals surface area contributed by atoms with Gasteiger partial charge in [-0.05, 0) is 18.4 Å². The smallest absolute Gasteiger partial charge is 0.348 e. The van der Waals surface area contributed by atoms with Crippen LogP contribution in [0.5, 0.6) is 0 Å². The Balaban J connectivity index is 2.19. The molecule has 2 amide bonds. The molecule has 0 aromatic carbocycles. The molecular weight excluding hydrogens is 324 g/mol. The largest absolute Gasteiger partial charge is 0.477 e. The quantitative estimate of drug-likeness (QED) is 0.792. The molecule has 0 aliphatic carbocycles. The van der Waals surface area contributed by atoms with Crippen molar-refractivity contribution in [1.29, 1.82) is 0 Å². The summed E-state index contributed by atoms with van der Waals surface area (Å²) in [5.41, 5.74) is 0.0860. The first kappa shape index (κ1) is 16.4. The minimum atomic E-state index is -1.07. The van der Waals surface area contributed by atoms with Gasteiger partial charge in [-0.1, -0.05) is 32.1 Å². The summed E-state index contributed by atoms with van der Waals surface area (Å²) >= 11 is 2.40. The van der Waals surface area contributed by atoms with E-state index >= 15 is 0 Å². The molecule has 9 heteroatoms. The van der Waals surface area contributed by atoms with Crippen LogP contribution >= 0.6 is 22.7 Å². The Morgan fingerprint density at radius 2 is 1.86 bits per heavy atom. The molecule has 0 saturated heterocycles. The number of anilines is 2. The second kappa shape index (κ2) is 6.01. The van der Waals surface area contributed by atoms with E-state index in [2.05, 4.69) is 20.8 Å². The van der Waals surface area contributed by atoms with E-state index < -0.39 is 12.0 Å². The van der Waals surface area contributed by atoms with Gasteiger partial charge in [0.05, 0.1) is 5.69 Å². The van der Waals surface area contributed by atoms with Crippen molar-refractivity contribution in [2.75, 3.05) is 10.6 Å². The van der Waals surface area contributed by atoms with Gasteiger partial charge in [0.25, 0.3) is 0 Å². The molecule has 22 heavy (non-hydrogen) atoms. The molecule has 0 unspecified atom stereocenters. The molecular formula is C13H16N4O3S2. The average Bonchev–Trinajstić information content (AvgIpc) is 2.95. The predicted molar refractivity (Wildman–Crippen MR) is 87.3 cm³/mol. The second-order valence-electron chi connectivity index (χ2n) is 5.61. The van der Waals surface area contributed by atoms with Crippen LogP contribution in [0.3, 0.4) is 0 Å². The molecule has 0 radical (unpaired) electrons. The van der Waals surface area contributed by atoms with Crippen LogP contribution in [0.4, 0.5) is 15.6 Å². The number of urea groups is 1. The van der Waals surface area contributed by atoms with Gasteiger partial charge in [0, 0.05) is 4.88 Å². The first-order valence-electron chi connectivity index (χ1n) is 6.42. The fourth-order valence-electron chi connectivity index (χ4n) is 1.61. The van der Waals surface area contributed by atoms with Crippen molar-refractivity contribution in [2.45, 2.75) is 33.1 Å². The topological polar surface area (TPSA) is 104 Å². The Hall–Kier alpha value is -2.00. The van der Waals surface area contributed by atoms with Gasteiger partial charge in [0.2, 0.25) is 5.13 Å². The molecule has 2 aromatic rings. The van der Waals surface area contributed by atoms with Crippen molar-refractivity contribution in [3.63, 3.8) is 0 Å².